The van der Waals surface area contributed by atoms with Crippen LogP contribution in [0.2, 0.25) is 0 Å². The van der Waals surface area contributed by atoms with Crippen molar-refractivity contribution in [2.75, 3.05) is 39.8 Å². The molecule has 7 heteroatoms. The third-order valence-electron chi connectivity index (χ3n) is 4.76. The number of rotatable bonds is 7. The molecule has 0 aliphatic heterocycles. The van der Waals surface area contributed by atoms with Crippen molar-refractivity contribution in [3.05, 3.63) is 58.9 Å². The first-order valence-electron chi connectivity index (χ1n) is 9.25. The summed E-state index contributed by atoms with van der Waals surface area (Å²) in [4.78, 5) is 15.2. The number of nitrogens with zero attached hydrogens (tertiary/aromatic N) is 3. The van der Waals surface area contributed by atoms with E-state index in [0.717, 1.165) is 5.56 Å². The number of para-hydroxylation sites is 1. The molecule has 2 aromatic carbocycles. The molecular formula is C22H25N3O4. The molecule has 3 rings (SSSR count). The van der Waals surface area contributed by atoms with Gasteiger partial charge in [0, 0.05) is 19.2 Å². The highest BCUT2D eigenvalue weighted by Crippen LogP contribution is 2.32. The van der Waals surface area contributed by atoms with Gasteiger partial charge in [0.15, 0.2) is 5.69 Å². The zero-order valence-corrected chi connectivity index (χ0v) is 17.3. The number of aromatic nitrogens is 2. The summed E-state index contributed by atoms with van der Waals surface area (Å²) in [6.07, 6.45) is 0. The van der Waals surface area contributed by atoms with Crippen molar-refractivity contribution in [1.29, 1.82) is 0 Å². The molecule has 0 radical (unpaired) electrons. The largest absolute Gasteiger partial charge is 0.497 e. The van der Waals surface area contributed by atoms with Gasteiger partial charge in [0.25, 0.3) is 5.56 Å². The maximum Gasteiger partial charge on any atom is 0.295 e. The zero-order valence-electron chi connectivity index (χ0n) is 17.3. The van der Waals surface area contributed by atoms with Gasteiger partial charge in [0.1, 0.15) is 22.9 Å². The Hall–Kier alpha value is -3.48. The first-order chi connectivity index (χ1) is 14.0. The predicted octanol–water partition coefficient (Wildman–Crippen LogP) is 3.38. The normalized spacial score (nSPS) is 10.5. The first kappa shape index (κ1) is 20.3. The second kappa shape index (κ2) is 8.68. The summed E-state index contributed by atoms with van der Waals surface area (Å²) in [7, 11) is 6.59. The maximum atomic E-state index is 13.3. The average molecular weight is 395 g/mol. The number of methoxy groups -OCH3 is 3. The Balaban J connectivity index is 2.35. The minimum Gasteiger partial charge on any atom is -0.497 e. The lowest BCUT2D eigenvalue weighted by Crippen LogP contribution is -2.30. The van der Waals surface area contributed by atoms with Gasteiger partial charge in [-0.2, -0.15) is 9.78 Å². The lowest BCUT2D eigenvalue weighted by Gasteiger charge is -2.20. The quantitative estimate of drug-likeness (QED) is 0.611. The molecule has 0 N–H and O–H groups in total. The molecule has 29 heavy (non-hydrogen) atoms. The van der Waals surface area contributed by atoms with Crippen molar-refractivity contribution >= 4 is 5.69 Å². The smallest absolute Gasteiger partial charge is 0.295 e. The van der Waals surface area contributed by atoms with Crippen LogP contribution in [0.15, 0.2) is 53.3 Å². The Morgan fingerprint density at radius 1 is 0.966 bits per heavy atom. The van der Waals surface area contributed by atoms with Gasteiger partial charge in [-0.05, 0) is 37.3 Å². The van der Waals surface area contributed by atoms with E-state index >= 15 is 0 Å². The molecule has 1 aromatic heterocycles. The minimum absolute atomic E-state index is 0.260. The Kier molecular flexibility index (Phi) is 6.07. The highest BCUT2D eigenvalue weighted by molar-refractivity contribution is 5.67. The van der Waals surface area contributed by atoms with Crippen LogP contribution >= 0.6 is 0 Å². The number of hydrogen-bond donors (Lipinski definition) is 0. The number of anilines is 1. The summed E-state index contributed by atoms with van der Waals surface area (Å²) in [6, 6.07) is 14.7. The molecular weight excluding hydrogens is 370 g/mol. The van der Waals surface area contributed by atoms with E-state index in [4.69, 9.17) is 14.2 Å². The van der Waals surface area contributed by atoms with Crippen molar-refractivity contribution in [2.24, 2.45) is 0 Å². The van der Waals surface area contributed by atoms with Crippen LogP contribution in [0, 0.1) is 0 Å². The summed E-state index contributed by atoms with van der Waals surface area (Å²) in [5.74, 6) is 1.70. The van der Waals surface area contributed by atoms with Crippen LogP contribution in [-0.4, -0.2) is 44.7 Å². The Labute approximate surface area is 170 Å². The van der Waals surface area contributed by atoms with Crippen molar-refractivity contribution in [3.63, 3.8) is 0 Å². The molecule has 0 fully saturated rings. The summed E-state index contributed by atoms with van der Waals surface area (Å²) in [5.41, 5.74) is 2.18. The number of benzene rings is 2. The van der Waals surface area contributed by atoms with Crippen LogP contribution < -0.4 is 24.7 Å². The van der Waals surface area contributed by atoms with E-state index in [0.29, 0.717) is 40.9 Å². The molecule has 0 aliphatic rings. The molecule has 0 spiro atoms. The van der Waals surface area contributed by atoms with E-state index in [-0.39, 0.29) is 5.56 Å². The Bertz CT molecular complexity index is 1040. The van der Waals surface area contributed by atoms with Crippen molar-refractivity contribution in [3.8, 4) is 34.2 Å². The van der Waals surface area contributed by atoms with Crippen LogP contribution in [0.4, 0.5) is 5.69 Å². The zero-order chi connectivity index (χ0) is 21.0. The van der Waals surface area contributed by atoms with Gasteiger partial charge in [-0.25, -0.2) is 0 Å². The lowest BCUT2D eigenvalue weighted by atomic mass is 10.1. The van der Waals surface area contributed by atoms with Gasteiger partial charge in [-0.1, -0.05) is 18.2 Å². The van der Waals surface area contributed by atoms with Gasteiger partial charge < -0.3 is 19.1 Å². The molecule has 0 aliphatic carbocycles. The second-order valence-electron chi connectivity index (χ2n) is 6.39. The summed E-state index contributed by atoms with van der Waals surface area (Å²) < 4.78 is 17.7. The predicted molar refractivity (Wildman–Crippen MR) is 114 cm³/mol. The van der Waals surface area contributed by atoms with E-state index in [1.165, 1.54) is 4.68 Å². The molecule has 152 valence electrons. The third-order valence-corrected chi connectivity index (χ3v) is 4.76. The molecule has 3 aromatic rings. The fraction of sp³-hybridized carbons (Fsp3) is 0.273. The van der Waals surface area contributed by atoms with Gasteiger partial charge in [-0.15, -0.1) is 0 Å². The summed E-state index contributed by atoms with van der Waals surface area (Å²) in [6.45, 7) is 2.65. The summed E-state index contributed by atoms with van der Waals surface area (Å²) in [5, 5.41) is 4.64. The second-order valence-corrected chi connectivity index (χ2v) is 6.39. The first-order valence-corrected chi connectivity index (χ1v) is 9.25. The maximum absolute atomic E-state index is 13.3. The standard InChI is InChI=1S/C22H25N3O4/c1-6-24(2)18-14-17(15-9-7-10-16(13-15)27-3)23-25(22(18)26)21-19(28-4)11-8-12-20(21)29-5/h7-14H,6H2,1-5H3. The van der Waals surface area contributed by atoms with Crippen molar-refractivity contribution in [2.45, 2.75) is 6.92 Å². The highest BCUT2D eigenvalue weighted by atomic mass is 16.5. The van der Waals surface area contributed by atoms with E-state index in [9.17, 15) is 4.79 Å². The van der Waals surface area contributed by atoms with E-state index < -0.39 is 0 Å². The van der Waals surface area contributed by atoms with Gasteiger partial charge in [0.05, 0.1) is 27.0 Å². The van der Waals surface area contributed by atoms with Crippen molar-refractivity contribution in [1.82, 2.24) is 9.78 Å². The fourth-order valence-corrected chi connectivity index (χ4v) is 3.04. The molecule has 0 bridgehead atoms. The molecule has 0 unspecified atom stereocenters. The van der Waals surface area contributed by atoms with Crippen LogP contribution in [0.5, 0.6) is 17.2 Å². The topological polar surface area (TPSA) is 65.8 Å². The highest BCUT2D eigenvalue weighted by Gasteiger charge is 2.20. The van der Waals surface area contributed by atoms with E-state index in [1.54, 1.807) is 45.6 Å². The molecule has 0 amide bonds. The number of ether oxygens (including phenoxy) is 3. The van der Waals surface area contributed by atoms with Gasteiger partial charge in [-0.3, -0.25) is 4.79 Å². The molecule has 7 nitrogen and oxygen atoms in total. The van der Waals surface area contributed by atoms with Crippen LogP contribution in [0.1, 0.15) is 6.92 Å². The summed E-state index contributed by atoms with van der Waals surface area (Å²) >= 11 is 0. The molecule has 0 saturated carbocycles. The fourth-order valence-electron chi connectivity index (χ4n) is 3.04. The third kappa shape index (κ3) is 3.89. The van der Waals surface area contributed by atoms with Crippen LogP contribution in [0.25, 0.3) is 16.9 Å². The van der Waals surface area contributed by atoms with Gasteiger partial charge in [0.2, 0.25) is 0 Å². The van der Waals surface area contributed by atoms with Crippen LogP contribution in [-0.2, 0) is 0 Å². The number of hydrogen-bond acceptors (Lipinski definition) is 6. The molecule has 0 atom stereocenters. The van der Waals surface area contributed by atoms with E-state index in [2.05, 4.69) is 5.10 Å². The average Bonchev–Trinajstić information content (AvgIpc) is 2.78. The van der Waals surface area contributed by atoms with Crippen molar-refractivity contribution < 1.29 is 14.2 Å². The van der Waals surface area contributed by atoms with Crippen LogP contribution in [0.3, 0.4) is 0 Å². The molecule has 1 heterocycles. The van der Waals surface area contributed by atoms with E-state index in [1.807, 2.05) is 43.1 Å². The molecule has 0 saturated heterocycles. The minimum atomic E-state index is -0.260. The van der Waals surface area contributed by atoms with Gasteiger partial charge >= 0.3 is 0 Å². The SMILES string of the molecule is CCN(C)c1cc(-c2cccc(OC)c2)nn(-c2c(OC)cccc2OC)c1=O. The Morgan fingerprint density at radius 3 is 2.21 bits per heavy atom. The Morgan fingerprint density at radius 2 is 1.62 bits per heavy atom. The lowest BCUT2D eigenvalue weighted by molar-refractivity contribution is 0.388. The monoisotopic (exact) mass is 395 g/mol.